The van der Waals surface area contributed by atoms with Crippen LogP contribution in [0.5, 0.6) is 0 Å². The maximum atomic E-state index is 13.9. The number of hydrogen-bond acceptors (Lipinski definition) is 3. The normalized spacial score (nSPS) is 10.7. The van der Waals surface area contributed by atoms with Gasteiger partial charge in [0, 0.05) is 10.0 Å². The SMILES string of the molecule is Nc1onc(-c2ccccc2F)c1-c1cccc(Br)c1. The highest BCUT2D eigenvalue weighted by Gasteiger charge is 2.19. The van der Waals surface area contributed by atoms with Crippen LogP contribution in [0, 0.1) is 5.82 Å². The lowest BCUT2D eigenvalue weighted by molar-refractivity contribution is 0.439. The van der Waals surface area contributed by atoms with Crippen molar-refractivity contribution in [2.24, 2.45) is 0 Å². The van der Waals surface area contributed by atoms with Gasteiger partial charge in [0.2, 0.25) is 5.88 Å². The molecule has 0 bridgehead atoms. The van der Waals surface area contributed by atoms with E-state index in [4.69, 9.17) is 10.3 Å². The standard InChI is InChI=1S/C15H10BrFN2O/c16-10-5-3-4-9(8-10)13-14(19-20-15(13)18)11-6-1-2-7-12(11)17/h1-8H,18H2. The Kier molecular flexibility index (Phi) is 3.28. The summed E-state index contributed by atoms with van der Waals surface area (Å²) in [6.45, 7) is 0. The van der Waals surface area contributed by atoms with Crippen molar-refractivity contribution >= 4 is 21.8 Å². The Morgan fingerprint density at radius 1 is 1.10 bits per heavy atom. The van der Waals surface area contributed by atoms with Gasteiger partial charge in [-0.3, -0.25) is 0 Å². The summed E-state index contributed by atoms with van der Waals surface area (Å²) in [5, 5.41) is 3.90. The third-order valence-corrected chi connectivity index (χ3v) is 3.45. The van der Waals surface area contributed by atoms with Crippen LogP contribution in [0.2, 0.25) is 0 Å². The second kappa shape index (κ2) is 5.09. The van der Waals surface area contributed by atoms with Crippen molar-refractivity contribution in [3.05, 3.63) is 58.8 Å². The predicted molar refractivity (Wildman–Crippen MR) is 79.4 cm³/mol. The first kappa shape index (κ1) is 12.9. The number of anilines is 1. The Hall–Kier alpha value is -2.14. The highest BCUT2D eigenvalue weighted by atomic mass is 79.9. The summed E-state index contributed by atoms with van der Waals surface area (Å²) in [6, 6.07) is 13.9. The van der Waals surface area contributed by atoms with E-state index in [1.54, 1.807) is 18.2 Å². The molecule has 0 aliphatic carbocycles. The van der Waals surface area contributed by atoms with E-state index in [0.717, 1.165) is 10.0 Å². The van der Waals surface area contributed by atoms with Crippen molar-refractivity contribution in [1.29, 1.82) is 0 Å². The van der Waals surface area contributed by atoms with E-state index in [1.165, 1.54) is 6.07 Å². The van der Waals surface area contributed by atoms with E-state index in [2.05, 4.69) is 21.1 Å². The number of halogens is 2. The summed E-state index contributed by atoms with van der Waals surface area (Å²) >= 11 is 3.40. The van der Waals surface area contributed by atoms with Crippen LogP contribution in [0.25, 0.3) is 22.4 Å². The highest BCUT2D eigenvalue weighted by Crippen LogP contribution is 2.37. The van der Waals surface area contributed by atoms with Crippen molar-refractivity contribution in [2.45, 2.75) is 0 Å². The predicted octanol–water partition coefficient (Wildman–Crippen LogP) is 4.49. The quantitative estimate of drug-likeness (QED) is 0.752. The van der Waals surface area contributed by atoms with Gasteiger partial charge in [0.1, 0.15) is 11.5 Å². The first-order valence-corrected chi connectivity index (χ1v) is 6.72. The summed E-state index contributed by atoms with van der Waals surface area (Å²) in [5.41, 5.74) is 8.02. The molecule has 0 aliphatic heterocycles. The van der Waals surface area contributed by atoms with Crippen molar-refractivity contribution < 1.29 is 8.91 Å². The Balaban J connectivity index is 2.23. The number of benzene rings is 2. The molecule has 0 radical (unpaired) electrons. The number of hydrogen-bond donors (Lipinski definition) is 1. The molecule has 1 heterocycles. The first-order chi connectivity index (χ1) is 9.66. The Morgan fingerprint density at radius 3 is 2.65 bits per heavy atom. The van der Waals surface area contributed by atoms with E-state index < -0.39 is 0 Å². The molecule has 1 aromatic heterocycles. The first-order valence-electron chi connectivity index (χ1n) is 5.93. The van der Waals surface area contributed by atoms with Crippen LogP contribution in [0.3, 0.4) is 0 Å². The summed E-state index contributed by atoms with van der Waals surface area (Å²) in [6.07, 6.45) is 0. The molecule has 3 nitrogen and oxygen atoms in total. The molecule has 0 spiro atoms. The fraction of sp³-hybridized carbons (Fsp3) is 0. The van der Waals surface area contributed by atoms with Crippen LogP contribution < -0.4 is 5.73 Å². The maximum Gasteiger partial charge on any atom is 0.230 e. The van der Waals surface area contributed by atoms with Gasteiger partial charge in [-0.05, 0) is 29.8 Å². The van der Waals surface area contributed by atoms with E-state index in [1.807, 2.05) is 24.3 Å². The fourth-order valence-electron chi connectivity index (χ4n) is 2.06. The second-order valence-corrected chi connectivity index (χ2v) is 5.18. The van der Waals surface area contributed by atoms with Gasteiger partial charge in [-0.15, -0.1) is 0 Å². The molecule has 0 fully saturated rings. The van der Waals surface area contributed by atoms with Crippen LogP contribution in [0.1, 0.15) is 0 Å². The lowest BCUT2D eigenvalue weighted by Gasteiger charge is -2.04. The second-order valence-electron chi connectivity index (χ2n) is 4.26. The third-order valence-electron chi connectivity index (χ3n) is 2.96. The van der Waals surface area contributed by atoms with Crippen LogP contribution in [-0.4, -0.2) is 5.16 Å². The van der Waals surface area contributed by atoms with Gasteiger partial charge >= 0.3 is 0 Å². The highest BCUT2D eigenvalue weighted by molar-refractivity contribution is 9.10. The Bertz CT molecular complexity index is 770. The maximum absolute atomic E-state index is 13.9. The average Bonchev–Trinajstić information content (AvgIpc) is 2.81. The topological polar surface area (TPSA) is 52.0 Å². The van der Waals surface area contributed by atoms with E-state index >= 15 is 0 Å². The molecule has 0 atom stereocenters. The van der Waals surface area contributed by atoms with Gasteiger partial charge in [-0.1, -0.05) is 45.4 Å². The van der Waals surface area contributed by atoms with Crippen molar-refractivity contribution in [2.75, 3.05) is 5.73 Å². The number of nitrogen functional groups attached to an aromatic ring is 1. The van der Waals surface area contributed by atoms with Gasteiger partial charge < -0.3 is 10.3 Å². The molecule has 0 amide bonds. The zero-order valence-corrected chi connectivity index (χ0v) is 11.9. The van der Waals surface area contributed by atoms with E-state index in [0.29, 0.717) is 16.8 Å². The van der Waals surface area contributed by atoms with E-state index in [-0.39, 0.29) is 11.7 Å². The Labute approximate surface area is 123 Å². The molecule has 2 N–H and O–H groups in total. The minimum absolute atomic E-state index is 0.168. The molecular formula is C15H10BrFN2O. The Morgan fingerprint density at radius 2 is 1.90 bits per heavy atom. The lowest BCUT2D eigenvalue weighted by Crippen LogP contribution is -1.89. The summed E-state index contributed by atoms with van der Waals surface area (Å²) in [5.74, 6) is -0.196. The summed E-state index contributed by atoms with van der Waals surface area (Å²) in [7, 11) is 0. The smallest absolute Gasteiger partial charge is 0.230 e. The molecule has 2 aromatic carbocycles. The zero-order chi connectivity index (χ0) is 14.1. The number of rotatable bonds is 2. The molecule has 0 aliphatic rings. The molecular weight excluding hydrogens is 323 g/mol. The molecule has 0 unspecified atom stereocenters. The molecule has 100 valence electrons. The molecule has 20 heavy (non-hydrogen) atoms. The summed E-state index contributed by atoms with van der Waals surface area (Å²) in [4.78, 5) is 0. The third kappa shape index (κ3) is 2.20. The molecule has 3 rings (SSSR count). The van der Waals surface area contributed by atoms with Crippen molar-refractivity contribution in [1.82, 2.24) is 5.16 Å². The van der Waals surface area contributed by atoms with Crippen LogP contribution >= 0.6 is 15.9 Å². The largest absolute Gasteiger partial charge is 0.367 e. The van der Waals surface area contributed by atoms with E-state index in [9.17, 15) is 4.39 Å². The lowest BCUT2D eigenvalue weighted by atomic mass is 10.0. The van der Waals surface area contributed by atoms with Gasteiger partial charge in [0.25, 0.3) is 0 Å². The molecule has 0 saturated carbocycles. The average molecular weight is 333 g/mol. The van der Waals surface area contributed by atoms with Gasteiger partial charge in [-0.25, -0.2) is 4.39 Å². The van der Waals surface area contributed by atoms with Crippen molar-refractivity contribution in [3.63, 3.8) is 0 Å². The molecule has 5 heteroatoms. The monoisotopic (exact) mass is 332 g/mol. The van der Waals surface area contributed by atoms with Crippen LogP contribution in [0.15, 0.2) is 57.5 Å². The zero-order valence-electron chi connectivity index (χ0n) is 10.3. The minimum atomic E-state index is -0.364. The minimum Gasteiger partial charge on any atom is -0.367 e. The number of nitrogens with zero attached hydrogens (tertiary/aromatic N) is 1. The molecule has 3 aromatic rings. The fourth-order valence-corrected chi connectivity index (χ4v) is 2.46. The van der Waals surface area contributed by atoms with Crippen LogP contribution in [0.4, 0.5) is 10.3 Å². The van der Waals surface area contributed by atoms with Crippen molar-refractivity contribution in [3.8, 4) is 22.4 Å². The van der Waals surface area contributed by atoms with Gasteiger partial charge in [-0.2, -0.15) is 0 Å². The number of nitrogens with two attached hydrogens (primary N) is 1. The number of aromatic nitrogens is 1. The van der Waals surface area contributed by atoms with Gasteiger partial charge in [0.15, 0.2) is 0 Å². The summed E-state index contributed by atoms with van der Waals surface area (Å²) < 4.78 is 19.9. The van der Waals surface area contributed by atoms with Crippen LogP contribution in [-0.2, 0) is 0 Å². The molecule has 0 saturated heterocycles. The van der Waals surface area contributed by atoms with Gasteiger partial charge in [0.05, 0.1) is 5.56 Å².